The second kappa shape index (κ2) is 9.07. The summed E-state index contributed by atoms with van der Waals surface area (Å²) < 4.78 is 33.7. The van der Waals surface area contributed by atoms with Gasteiger partial charge in [-0.2, -0.15) is 0 Å². The van der Waals surface area contributed by atoms with Gasteiger partial charge in [-0.15, -0.1) is 11.3 Å². The van der Waals surface area contributed by atoms with E-state index in [1.54, 1.807) is 6.07 Å². The van der Waals surface area contributed by atoms with Crippen LogP contribution in [0.1, 0.15) is 36.6 Å². The van der Waals surface area contributed by atoms with E-state index in [1.807, 2.05) is 44.2 Å². The predicted octanol–water partition coefficient (Wildman–Crippen LogP) is 3.01. The fourth-order valence-electron chi connectivity index (χ4n) is 3.24. The number of benzene rings is 1. The summed E-state index contributed by atoms with van der Waals surface area (Å²) in [6.45, 7) is 3.94. The van der Waals surface area contributed by atoms with Gasteiger partial charge >= 0.3 is 0 Å². The van der Waals surface area contributed by atoms with Crippen LogP contribution in [-0.4, -0.2) is 33.0 Å². The first kappa shape index (κ1) is 20.8. The van der Waals surface area contributed by atoms with Crippen LogP contribution in [0.5, 0.6) is 5.75 Å². The van der Waals surface area contributed by atoms with Crippen LogP contribution in [0.4, 0.5) is 0 Å². The van der Waals surface area contributed by atoms with E-state index in [0.717, 1.165) is 23.3 Å². The summed E-state index contributed by atoms with van der Waals surface area (Å²) in [7, 11) is -3.50. The smallest absolute Gasteiger partial charge is 0.258 e. The average Bonchev–Trinajstić information content (AvgIpc) is 3.31. The molecular weight excluding hydrogens is 396 g/mol. The van der Waals surface area contributed by atoms with Gasteiger partial charge in [0, 0.05) is 17.0 Å². The lowest BCUT2D eigenvalue weighted by Crippen LogP contribution is -2.38. The molecule has 2 atom stereocenters. The second-order valence-corrected chi connectivity index (χ2v) is 10.2. The zero-order valence-corrected chi connectivity index (χ0v) is 17.7. The van der Waals surface area contributed by atoms with Crippen LogP contribution >= 0.6 is 11.3 Å². The third kappa shape index (κ3) is 5.56. The predicted molar refractivity (Wildman–Crippen MR) is 110 cm³/mol. The Labute approximate surface area is 170 Å². The molecule has 1 saturated carbocycles. The fraction of sp³-hybridized carbons (Fsp3) is 0.450. The van der Waals surface area contributed by atoms with Crippen molar-refractivity contribution >= 4 is 27.3 Å². The molecule has 8 heteroatoms. The highest BCUT2D eigenvalue weighted by atomic mass is 32.2. The molecule has 1 fully saturated rings. The molecule has 6 nitrogen and oxygen atoms in total. The molecule has 152 valence electrons. The minimum absolute atomic E-state index is 0.0450. The van der Waals surface area contributed by atoms with Gasteiger partial charge in [0.05, 0.1) is 0 Å². The summed E-state index contributed by atoms with van der Waals surface area (Å²) in [4.78, 5) is 13.2. The van der Waals surface area contributed by atoms with Crippen LogP contribution in [0, 0.1) is 6.92 Å². The Morgan fingerprint density at radius 3 is 2.54 bits per heavy atom. The fourth-order valence-corrected chi connectivity index (χ4v) is 5.84. The van der Waals surface area contributed by atoms with Crippen molar-refractivity contribution in [2.75, 3.05) is 6.61 Å². The highest BCUT2D eigenvalue weighted by Gasteiger charge is 2.30. The first-order valence-corrected chi connectivity index (χ1v) is 11.8. The van der Waals surface area contributed by atoms with Crippen molar-refractivity contribution in [3.63, 3.8) is 0 Å². The zero-order chi connectivity index (χ0) is 20.1. The molecule has 2 aromatic rings. The van der Waals surface area contributed by atoms with E-state index < -0.39 is 10.0 Å². The molecule has 0 bridgehead atoms. The van der Waals surface area contributed by atoms with E-state index in [2.05, 4.69) is 10.0 Å². The molecule has 3 rings (SSSR count). The van der Waals surface area contributed by atoms with E-state index in [1.165, 1.54) is 11.3 Å². The lowest BCUT2D eigenvalue weighted by atomic mass is 10.2. The molecule has 1 heterocycles. The van der Waals surface area contributed by atoms with Crippen molar-refractivity contribution in [3.8, 4) is 5.75 Å². The van der Waals surface area contributed by atoms with Crippen LogP contribution in [-0.2, 0) is 21.2 Å². The largest absolute Gasteiger partial charge is 0.484 e. The number of hydrogen-bond donors (Lipinski definition) is 2. The second-order valence-electron chi connectivity index (χ2n) is 7.07. The Hall–Kier alpha value is -1.90. The van der Waals surface area contributed by atoms with Gasteiger partial charge in [0.2, 0.25) is 10.0 Å². The monoisotopic (exact) mass is 422 g/mol. The lowest BCUT2D eigenvalue weighted by molar-refractivity contribution is -0.123. The van der Waals surface area contributed by atoms with Crippen LogP contribution in [0.25, 0.3) is 0 Å². The summed E-state index contributed by atoms with van der Waals surface area (Å²) in [5, 5.41) is 2.93. The van der Waals surface area contributed by atoms with E-state index in [4.69, 9.17) is 4.74 Å². The molecular formula is C20H26N2O4S2. The maximum Gasteiger partial charge on any atom is 0.258 e. The molecule has 2 N–H and O–H groups in total. The molecule has 1 aliphatic carbocycles. The number of ether oxygens (including phenoxy) is 1. The van der Waals surface area contributed by atoms with Crippen molar-refractivity contribution in [1.82, 2.24) is 10.0 Å². The number of rotatable bonds is 8. The molecule has 1 aliphatic rings. The summed E-state index contributed by atoms with van der Waals surface area (Å²) in [6.07, 6.45) is 2.85. The van der Waals surface area contributed by atoms with E-state index in [-0.39, 0.29) is 24.6 Å². The van der Waals surface area contributed by atoms with Crippen molar-refractivity contribution in [2.45, 2.75) is 55.8 Å². The lowest BCUT2D eigenvalue weighted by Gasteiger charge is -2.15. The number of nitrogens with one attached hydrogen (secondary N) is 2. The van der Waals surface area contributed by atoms with Gasteiger partial charge in [0.25, 0.3) is 5.91 Å². The van der Waals surface area contributed by atoms with Gasteiger partial charge in [0.1, 0.15) is 9.96 Å². The van der Waals surface area contributed by atoms with Gasteiger partial charge < -0.3 is 10.1 Å². The van der Waals surface area contributed by atoms with Gasteiger partial charge in [-0.3, -0.25) is 4.79 Å². The summed E-state index contributed by atoms with van der Waals surface area (Å²) in [5.41, 5.74) is 1.13. The third-order valence-electron chi connectivity index (χ3n) is 4.76. The van der Waals surface area contributed by atoms with Gasteiger partial charge in [-0.1, -0.05) is 24.6 Å². The SMILES string of the molecule is CCc1ccc(S(=O)(=O)N[C@@H]2CC[C@H](NC(=O)COc3ccc(C)cc3)C2)s1. The molecule has 0 saturated heterocycles. The van der Waals surface area contributed by atoms with Crippen LogP contribution < -0.4 is 14.8 Å². The van der Waals surface area contributed by atoms with Crippen molar-refractivity contribution < 1.29 is 17.9 Å². The van der Waals surface area contributed by atoms with Crippen molar-refractivity contribution in [3.05, 3.63) is 46.8 Å². The summed E-state index contributed by atoms with van der Waals surface area (Å²) in [5.74, 6) is 0.458. The summed E-state index contributed by atoms with van der Waals surface area (Å²) in [6, 6.07) is 10.8. The number of carbonyl (C=O) groups excluding carboxylic acids is 1. The first-order chi connectivity index (χ1) is 13.4. The zero-order valence-electron chi connectivity index (χ0n) is 16.1. The molecule has 1 aromatic heterocycles. The van der Waals surface area contributed by atoms with Gasteiger partial charge in [0.15, 0.2) is 6.61 Å². The van der Waals surface area contributed by atoms with Gasteiger partial charge in [-0.25, -0.2) is 13.1 Å². The molecule has 28 heavy (non-hydrogen) atoms. The normalized spacial score (nSPS) is 19.5. The Kier molecular flexibility index (Phi) is 6.74. The quantitative estimate of drug-likeness (QED) is 0.685. The number of amides is 1. The molecule has 1 aromatic carbocycles. The number of aryl methyl sites for hydroxylation is 2. The Morgan fingerprint density at radius 2 is 1.86 bits per heavy atom. The van der Waals surface area contributed by atoms with Crippen molar-refractivity contribution in [2.24, 2.45) is 0 Å². The van der Waals surface area contributed by atoms with Crippen LogP contribution in [0.2, 0.25) is 0 Å². The van der Waals surface area contributed by atoms with E-state index in [0.29, 0.717) is 22.8 Å². The first-order valence-electron chi connectivity index (χ1n) is 9.45. The standard InChI is InChI=1S/C20H26N2O4S2/c1-3-18-10-11-20(27-18)28(24,25)22-16-7-6-15(12-16)21-19(23)13-26-17-8-4-14(2)5-9-17/h4-5,8-11,15-16,22H,3,6-7,12-13H2,1-2H3,(H,21,23)/t15-,16+/m0/s1. The van der Waals surface area contributed by atoms with Crippen LogP contribution in [0.15, 0.2) is 40.6 Å². The number of hydrogen-bond acceptors (Lipinski definition) is 5. The van der Waals surface area contributed by atoms with E-state index in [9.17, 15) is 13.2 Å². The number of sulfonamides is 1. The highest BCUT2D eigenvalue weighted by Crippen LogP contribution is 2.25. The van der Waals surface area contributed by atoms with Crippen LogP contribution in [0.3, 0.4) is 0 Å². The highest BCUT2D eigenvalue weighted by molar-refractivity contribution is 7.91. The molecule has 1 amide bonds. The third-order valence-corrected chi connectivity index (χ3v) is 8.00. The van der Waals surface area contributed by atoms with Gasteiger partial charge in [-0.05, 0) is 56.9 Å². The molecule has 0 aliphatic heterocycles. The maximum atomic E-state index is 12.5. The molecule has 0 radical (unpaired) electrons. The molecule has 0 spiro atoms. The minimum Gasteiger partial charge on any atom is -0.484 e. The summed E-state index contributed by atoms with van der Waals surface area (Å²) >= 11 is 1.30. The average molecular weight is 423 g/mol. The van der Waals surface area contributed by atoms with Crippen molar-refractivity contribution in [1.29, 1.82) is 0 Å². The minimum atomic E-state index is -3.50. The Bertz CT molecular complexity index is 907. The Morgan fingerprint density at radius 1 is 1.14 bits per heavy atom. The number of thiophene rings is 1. The molecule has 0 unspecified atom stereocenters. The van der Waals surface area contributed by atoms with E-state index >= 15 is 0 Å². The maximum absolute atomic E-state index is 12.5. The Balaban J connectivity index is 1.45. The topological polar surface area (TPSA) is 84.5 Å². The number of carbonyl (C=O) groups is 1.